The summed E-state index contributed by atoms with van der Waals surface area (Å²) in [5.41, 5.74) is 10.0. The Kier molecular flexibility index (Phi) is 8.44. The summed E-state index contributed by atoms with van der Waals surface area (Å²) in [6.07, 6.45) is 0.303. The molecule has 5 rings (SSSR count). The highest BCUT2D eigenvalue weighted by Crippen LogP contribution is 2.43. The Balaban J connectivity index is 2.05. The summed E-state index contributed by atoms with van der Waals surface area (Å²) in [5.74, 6) is -3.79. The molecule has 0 saturated carbocycles. The van der Waals surface area contributed by atoms with Crippen LogP contribution in [-0.4, -0.2) is 53.2 Å². The van der Waals surface area contributed by atoms with Gasteiger partial charge in [-0.3, -0.25) is 14.6 Å². The van der Waals surface area contributed by atoms with Crippen LogP contribution in [0.5, 0.6) is 0 Å². The average Bonchev–Trinajstić information content (AvgIpc) is 3.63. The van der Waals surface area contributed by atoms with Crippen LogP contribution in [0, 0.1) is 13.8 Å². The Morgan fingerprint density at radius 2 is 1.56 bits per heavy atom. The molecule has 5 N–H and O–H groups in total. The summed E-state index contributed by atoms with van der Waals surface area (Å²) in [5, 5.41) is 30.0. The van der Waals surface area contributed by atoms with Gasteiger partial charge in [0.25, 0.3) is 0 Å². The third-order valence-corrected chi connectivity index (χ3v) is 9.32. The van der Waals surface area contributed by atoms with Gasteiger partial charge < -0.3 is 25.3 Å². The van der Waals surface area contributed by atoms with E-state index in [4.69, 9.17) is 9.97 Å². The zero-order valence-electron chi connectivity index (χ0n) is 26.8. The summed E-state index contributed by atoms with van der Waals surface area (Å²) in [7, 11) is 0. The van der Waals surface area contributed by atoms with Gasteiger partial charge in [-0.2, -0.15) is 0 Å². The van der Waals surface area contributed by atoms with Crippen LogP contribution in [0.4, 0.5) is 0 Å². The molecule has 2 aliphatic heterocycles. The molecule has 3 aromatic rings. The Hall–Kier alpha value is -4.73. The molecule has 0 radical (unpaired) electrons. The van der Waals surface area contributed by atoms with E-state index in [1.54, 1.807) is 6.92 Å². The number of hydrogen-bond donors (Lipinski definition) is 5. The van der Waals surface area contributed by atoms with Crippen LogP contribution < -0.4 is 0 Å². The topological polar surface area (TPSA) is 169 Å². The summed E-state index contributed by atoms with van der Waals surface area (Å²) < 4.78 is 0. The molecule has 45 heavy (non-hydrogen) atoms. The highest BCUT2D eigenvalue weighted by Gasteiger charge is 2.33. The Bertz CT molecular complexity index is 1940. The number of carboxylic acid groups (broad SMARTS) is 3. The maximum atomic E-state index is 12.7. The van der Waals surface area contributed by atoms with Gasteiger partial charge in [0, 0.05) is 46.1 Å². The van der Waals surface area contributed by atoms with E-state index in [0.29, 0.717) is 34.6 Å². The number of nitrogens with one attached hydrogen (secondary N) is 2. The minimum atomic E-state index is -1.20. The maximum absolute atomic E-state index is 12.7. The number of aromatic amines is 2. The number of aryl methyl sites for hydroxylation is 2. The van der Waals surface area contributed by atoms with E-state index in [9.17, 15) is 29.7 Å². The van der Waals surface area contributed by atoms with Crippen LogP contribution >= 0.6 is 0 Å². The van der Waals surface area contributed by atoms with Crippen molar-refractivity contribution in [1.82, 2.24) is 19.9 Å². The summed E-state index contributed by atoms with van der Waals surface area (Å²) in [6, 6.07) is 5.86. The Labute approximate surface area is 261 Å². The number of aliphatic carboxylic acids is 2. The molecule has 0 fully saturated rings. The number of carboxylic acids is 3. The number of hydrogen-bond acceptors (Lipinski definition) is 5. The summed E-state index contributed by atoms with van der Waals surface area (Å²) in [6.45, 7) is 14.1. The fraction of sp³-hybridized carbons (Fsp3) is 0.400. The molecule has 5 heterocycles. The average molecular weight is 613 g/mol. The fourth-order valence-corrected chi connectivity index (χ4v) is 7.01. The van der Waals surface area contributed by atoms with Crippen LogP contribution in [0.25, 0.3) is 33.2 Å². The molecule has 0 aromatic carbocycles. The summed E-state index contributed by atoms with van der Waals surface area (Å²) in [4.78, 5) is 53.5. The second kappa shape index (κ2) is 12.0. The van der Waals surface area contributed by atoms with Crippen molar-refractivity contribution in [3.63, 3.8) is 0 Å². The van der Waals surface area contributed by atoms with Crippen LogP contribution in [-0.2, 0) is 16.0 Å². The van der Waals surface area contributed by atoms with E-state index in [-0.39, 0.29) is 41.3 Å². The van der Waals surface area contributed by atoms with Crippen molar-refractivity contribution in [3.8, 4) is 0 Å². The standard InChI is InChI=1S/C35H40N4O6/c1-8-20-16(4)23-14-28-31(15(2)3)18(6)25(37-28)12-24-17(5)21(9-10-29(40)41)33(38-24)22(11-30(42)43)34-32(35(44)45)19(7)26(39-34)13-27(20)36-23/h12-15,17,21,37,39H,8-11H2,1-7H3,(H,40,41)(H,42,43)(H,44,45)/t17-,21-/m0/s1. The molecule has 8 bridgehead atoms. The van der Waals surface area contributed by atoms with Gasteiger partial charge in [0.2, 0.25) is 0 Å². The number of aromatic carboxylic acids is 1. The first-order valence-corrected chi connectivity index (χ1v) is 15.4. The first-order chi connectivity index (χ1) is 21.2. The van der Waals surface area contributed by atoms with Crippen molar-refractivity contribution in [2.75, 3.05) is 0 Å². The molecule has 2 aliphatic rings. The molecule has 3 aromatic heterocycles. The van der Waals surface area contributed by atoms with Crippen LogP contribution in [0.3, 0.4) is 0 Å². The first-order valence-electron chi connectivity index (χ1n) is 15.4. The van der Waals surface area contributed by atoms with Crippen molar-refractivity contribution in [2.45, 2.75) is 91.9 Å². The number of fused-ring (bicyclic) bond motifs is 8. The van der Waals surface area contributed by atoms with Crippen molar-refractivity contribution in [3.05, 3.63) is 68.8 Å². The van der Waals surface area contributed by atoms with Gasteiger partial charge in [-0.05, 0) is 85.6 Å². The molecule has 0 spiro atoms. The number of rotatable bonds is 8. The molecular formula is C35H40N4O6. The lowest BCUT2D eigenvalue weighted by Crippen LogP contribution is -2.11. The van der Waals surface area contributed by atoms with Gasteiger partial charge in [0.1, 0.15) is 0 Å². The van der Waals surface area contributed by atoms with Crippen LogP contribution in [0.1, 0.15) is 127 Å². The molecule has 0 aliphatic carbocycles. The zero-order valence-corrected chi connectivity index (χ0v) is 26.8. The largest absolute Gasteiger partial charge is 0.481 e. The molecule has 10 heteroatoms. The number of carbonyl (C=O) groups is 3. The van der Waals surface area contributed by atoms with E-state index < -0.39 is 30.2 Å². The monoisotopic (exact) mass is 612 g/mol. The molecule has 0 amide bonds. The van der Waals surface area contributed by atoms with Gasteiger partial charge in [0.15, 0.2) is 0 Å². The quantitative estimate of drug-likeness (QED) is 0.174. The van der Waals surface area contributed by atoms with E-state index in [1.807, 2.05) is 26.0 Å². The van der Waals surface area contributed by atoms with E-state index in [0.717, 1.165) is 39.0 Å². The Morgan fingerprint density at radius 3 is 2.16 bits per heavy atom. The van der Waals surface area contributed by atoms with E-state index in [1.165, 1.54) is 0 Å². The molecule has 236 valence electrons. The molecular weight excluding hydrogens is 572 g/mol. The third kappa shape index (κ3) is 5.65. The zero-order chi connectivity index (χ0) is 32.9. The lowest BCUT2D eigenvalue weighted by atomic mass is 9.85. The number of aromatic nitrogens is 4. The Morgan fingerprint density at radius 1 is 0.889 bits per heavy atom. The van der Waals surface area contributed by atoms with Gasteiger partial charge in [-0.25, -0.2) is 9.78 Å². The molecule has 10 nitrogen and oxygen atoms in total. The van der Waals surface area contributed by atoms with Crippen molar-refractivity contribution in [2.24, 2.45) is 0 Å². The van der Waals surface area contributed by atoms with Crippen LogP contribution in [0.15, 0.2) is 18.2 Å². The predicted octanol–water partition coefficient (Wildman–Crippen LogP) is 7.47. The van der Waals surface area contributed by atoms with Gasteiger partial charge in [-0.15, -0.1) is 0 Å². The van der Waals surface area contributed by atoms with Crippen molar-refractivity contribution >= 4 is 51.1 Å². The highest BCUT2D eigenvalue weighted by molar-refractivity contribution is 6.02. The van der Waals surface area contributed by atoms with Gasteiger partial charge in [-0.1, -0.05) is 27.7 Å². The third-order valence-electron chi connectivity index (χ3n) is 9.32. The lowest BCUT2D eigenvalue weighted by Gasteiger charge is -2.17. The number of allylic oxidation sites excluding steroid dienone is 2. The van der Waals surface area contributed by atoms with E-state index in [2.05, 4.69) is 43.7 Å². The highest BCUT2D eigenvalue weighted by atomic mass is 16.4. The van der Waals surface area contributed by atoms with Gasteiger partial charge in [0.05, 0.1) is 34.6 Å². The SMILES string of the molecule is CCC1=C(C)c2cc3[nH]c(cc4nc(c(CC(=O)O)c5[nH]c(cc1n2)c(C)c5C(=O)O)[C@@H](CCC(=O)O)[C@@H]4C)c(C)c3C(C)C. The number of H-pyrrole nitrogens is 2. The predicted molar refractivity (Wildman–Crippen MR) is 174 cm³/mol. The second-order valence-electron chi connectivity index (χ2n) is 12.4. The van der Waals surface area contributed by atoms with Crippen molar-refractivity contribution in [1.29, 1.82) is 0 Å². The first kappa shape index (κ1) is 31.7. The molecule has 2 atom stereocenters. The van der Waals surface area contributed by atoms with Gasteiger partial charge >= 0.3 is 17.9 Å². The van der Waals surface area contributed by atoms with Crippen molar-refractivity contribution < 1.29 is 29.7 Å². The summed E-state index contributed by atoms with van der Waals surface area (Å²) >= 11 is 0. The fourth-order valence-electron chi connectivity index (χ4n) is 7.01. The second-order valence-corrected chi connectivity index (χ2v) is 12.4. The van der Waals surface area contributed by atoms with E-state index >= 15 is 0 Å². The smallest absolute Gasteiger partial charge is 0.338 e. The maximum Gasteiger partial charge on any atom is 0.338 e. The molecule has 0 saturated heterocycles. The normalized spacial score (nSPS) is 16.4. The van der Waals surface area contributed by atoms with Crippen LogP contribution in [0.2, 0.25) is 0 Å². The minimum Gasteiger partial charge on any atom is -0.481 e. The number of nitrogens with zero attached hydrogens (tertiary/aromatic N) is 2. The minimum absolute atomic E-state index is 0.0364. The molecule has 0 unspecified atom stereocenters. The lowest BCUT2D eigenvalue weighted by molar-refractivity contribution is -0.138.